The second-order valence-electron chi connectivity index (χ2n) is 4.27. The molecular weight excluding hydrogens is 347 g/mol. The van der Waals surface area contributed by atoms with Crippen LogP contribution in [0.2, 0.25) is 10.0 Å². The molecule has 0 aliphatic rings. The number of carbonyl (C=O) groups excluding carboxylic acids is 1. The molecule has 0 saturated carbocycles. The lowest BCUT2D eigenvalue weighted by Gasteiger charge is -2.05. The number of Topliss-reactive ketones (excluding diaryl/α,β-unsaturated/α-hetero) is 1. The molecular formula is C11H12Cl2O5S2. The predicted molar refractivity (Wildman–Crippen MR) is 79.2 cm³/mol. The summed E-state index contributed by atoms with van der Waals surface area (Å²) in [6, 6.07) is 4.14. The van der Waals surface area contributed by atoms with Gasteiger partial charge in [-0.15, -0.1) is 0 Å². The van der Waals surface area contributed by atoms with Crippen molar-refractivity contribution in [2.75, 3.05) is 23.5 Å². The van der Waals surface area contributed by atoms with Gasteiger partial charge in [-0.1, -0.05) is 23.2 Å². The van der Waals surface area contributed by atoms with Gasteiger partial charge in [-0.05, 0) is 18.2 Å². The Balaban J connectivity index is 2.87. The van der Waals surface area contributed by atoms with Gasteiger partial charge in [-0.2, -0.15) is 0 Å². The zero-order chi connectivity index (χ0) is 15.6. The Morgan fingerprint density at radius 2 is 1.70 bits per heavy atom. The quantitative estimate of drug-likeness (QED) is 0.721. The highest BCUT2D eigenvalue weighted by molar-refractivity contribution is 7.95. The summed E-state index contributed by atoms with van der Waals surface area (Å²) in [4.78, 5) is 11.9. The highest BCUT2D eigenvalue weighted by Gasteiger charge is 2.21. The minimum Gasteiger partial charge on any atom is -0.293 e. The van der Waals surface area contributed by atoms with Gasteiger partial charge < -0.3 is 0 Å². The summed E-state index contributed by atoms with van der Waals surface area (Å²) in [6.07, 6.45) is 0.929. The Morgan fingerprint density at radius 3 is 2.25 bits per heavy atom. The first kappa shape index (κ1) is 17.4. The van der Waals surface area contributed by atoms with Gasteiger partial charge in [0.25, 0.3) is 0 Å². The van der Waals surface area contributed by atoms with E-state index in [1.807, 2.05) is 0 Å². The van der Waals surface area contributed by atoms with Crippen molar-refractivity contribution >= 4 is 48.7 Å². The molecule has 0 atom stereocenters. The summed E-state index contributed by atoms with van der Waals surface area (Å²) in [5.41, 5.74) is 0.00194. The fourth-order valence-electron chi connectivity index (χ4n) is 1.34. The van der Waals surface area contributed by atoms with Gasteiger partial charge in [-0.25, -0.2) is 16.8 Å². The van der Waals surface area contributed by atoms with Gasteiger partial charge in [0.05, 0.1) is 16.5 Å². The standard InChI is InChI=1S/C11H12Cl2O5S2/c1-19(15,16)4-5-20(17,18)7-11(14)9-6-8(12)2-3-10(9)13/h2-3,6H,4-5,7H2,1H3. The van der Waals surface area contributed by atoms with E-state index in [9.17, 15) is 21.6 Å². The number of halogens is 2. The minimum atomic E-state index is -3.82. The molecule has 0 saturated heterocycles. The predicted octanol–water partition coefficient (Wildman–Crippen LogP) is 1.64. The van der Waals surface area contributed by atoms with Gasteiger partial charge in [0.1, 0.15) is 15.6 Å². The van der Waals surface area contributed by atoms with E-state index in [0.717, 1.165) is 6.26 Å². The number of carbonyl (C=O) groups is 1. The Kier molecular flexibility index (Phi) is 5.60. The molecule has 0 unspecified atom stereocenters. The monoisotopic (exact) mass is 358 g/mol. The van der Waals surface area contributed by atoms with Crippen molar-refractivity contribution in [3.8, 4) is 0 Å². The molecule has 5 nitrogen and oxygen atoms in total. The van der Waals surface area contributed by atoms with Crippen LogP contribution < -0.4 is 0 Å². The second kappa shape index (κ2) is 6.43. The third-order valence-corrected chi connectivity index (χ3v) is 5.64. The maximum atomic E-state index is 11.9. The lowest BCUT2D eigenvalue weighted by atomic mass is 10.1. The van der Waals surface area contributed by atoms with Crippen LogP contribution in [0.1, 0.15) is 10.4 Å². The maximum Gasteiger partial charge on any atom is 0.179 e. The normalized spacial score (nSPS) is 12.3. The van der Waals surface area contributed by atoms with Crippen molar-refractivity contribution in [2.24, 2.45) is 0 Å². The van der Waals surface area contributed by atoms with Gasteiger partial charge in [0.15, 0.2) is 15.6 Å². The number of hydrogen-bond acceptors (Lipinski definition) is 5. The van der Waals surface area contributed by atoms with E-state index in [1.54, 1.807) is 0 Å². The zero-order valence-corrected chi connectivity index (χ0v) is 13.6. The number of rotatable bonds is 6. The van der Waals surface area contributed by atoms with Crippen LogP contribution in [0.4, 0.5) is 0 Å². The molecule has 0 amide bonds. The van der Waals surface area contributed by atoms with Crippen molar-refractivity contribution < 1.29 is 21.6 Å². The fourth-order valence-corrected chi connectivity index (χ4v) is 4.66. The van der Waals surface area contributed by atoms with Crippen LogP contribution in [0, 0.1) is 0 Å². The first-order valence-electron chi connectivity index (χ1n) is 5.36. The molecule has 0 fully saturated rings. The van der Waals surface area contributed by atoms with Crippen molar-refractivity contribution in [3.63, 3.8) is 0 Å². The van der Waals surface area contributed by atoms with Crippen LogP contribution in [0.15, 0.2) is 18.2 Å². The average molecular weight is 359 g/mol. The molecule has 0 spiro atoms. The first-order chi connectivity index (χ1) is 9.00. The number of sulfone groups is 2. The largest absolute Gasteiger partial charge is 0.293 e. The molecule has 9 heteroatoms. The molecule has 0 bridgehead atoms. The molecule has 0 radical (unpaired) electrons. The molecule has 1 rings (SSSR count). The van der Waals surface area contributed by atoms with Crippen LogP contribution in [0.25, 0.3) is 0 Å². The highest BCUT2D eigenvalue weighted by atomic mass is 35.5. The topological polar surface area (TPSA) is 85.3 Å². The number of benzene rings is 1. The average Bonchev–Trinajstić information content (AvgIpc) is 2.28. The number of hydrogen-bond donors (Lipinski definition) is 0. The summed E-state index contributed by atoms with van der Waals surface area (Å²) in [5, 5.41) is 0.351. The van der Waals surface area contributed by atoms with Gasteiger partial charge >= 0.3 is 0 Å². The highest BCUT2D eigenvalue weighted by Crippen LogP contribution is 2.21. The van der Waals surface area contributed by atoms with E-state index in [-0.39, 0.29) is 15.6 Å². The van der Waals surface area contributed by atoms with E-state index in [0.29, 0.717) is 0 Å². The van der Waals surface area contributed by atoms with E-state index < -0.39 is 42.7 Å². The summed E-state index contributed by atoms with van der Waals surface area (Å²) >= 11 is 11.5. The van der Waals surface area contributed by atoms with Crippen molar-refractivity contribution in [1.82, 2.24) is 0 Å². The van der Waals surface area contributed by atoms with Crippen molar-refractivity contribution in [2.45, 2.75) is 0 Å². The van der Waals surface area contributed by atoms with Crippen LogP contribution in [-0.4, -0.2) is 46.1 Å². The fraction of sp³-hybridized carbons (Fsp3) is 0.364. The summed E-state index contributed by atoms with van der Waals surface area (Å²) < 4.78 is 45.3. The molecule has 1 aromatic carbocycles. The van der Waals surface area contributed by atoms with E-state index >= 15 is 0 Å². The Morgan fingerprint density at radius 1 is 1.10 bits per heavy atom. The number of ketones is 1. The lowest BCUT2D eigenvalue weighted by Crippen LogP contribution is -2.23. The molecule has 0 heterocycles. The first-order valence-corrected chi connectivity index (χ1v) is 10.0. The molecule has 0 aromatic heterocycles. The maximum absolute atomic E-state index is 11.9. The molecule has 0 N–H and O–H groups in total. The summed E-state index contributed by atoms with van der Waals surface area (Å²) in [7, 11) is -7.23. The van der Waals surface area contributed by atoms with Crippen LogP contribution >= 0.6 is 23.2 Å². The van der Waals surface area contributed by atoms with Crippen LogP contribution in [0.5, 0.6) is 0 Å². The van der Waals surface area contributed by atoms with Crippen molar-refractivity contribution in [3.05, 3.63) is 33.8 Å². The summed E-state index contributed by atoms with van der Waals surface area (Å²) in [5.74, 6) is -2.64. The van der Waals surface area contributed by atoms with Gasteiger partial charge in [0.2, 0.25) is 0 Å². The van der Waals surface area contributed by atoms with E-state index in [2.05, 4.69) is 0 Å². The Labute approximate surface area is 127 Å². The molecule has 0 aliphatic carbocycles. The van der Waals surface area contributed by atoms with Gasteiger partial charge in [-0.3, -0.25) is 4.79 Å². The van der Waals surface area contributed by atoms with Crippen LogP contribution in [-0.2, 0) is 19.7 Å². The third-order valence-electron chi connectivity index (χ3n) is 2.34. The van der Waals surface area contributed by atoms with E-state index in [1.165, 1.54) is 18.2 Å². The molecule has 1 aromatic rings. The van der Waals surface area contributed by atoms with E-state index in [4.69, 9.17) is 23.2 Å². The third kappa shape index (κ3) is 5.78. The summed E-state index contributed by atoms with van der Waals surface area (Å²) in [6.45, 7) is 0. The second-order valence-corrected chi connectivity index (χ2v) is 9.56. The minimum absolute atomic E-state index is 0.00194. The Bertz CT molecular complexity index is 723. The Hall–Kier alpha value is -0.630. The molecule has 112 valence electrons. The lowest BCUT2D eigenvalue weighted by molar-refractivity contribution is 0.102. The SMILES string of the molecule is CS(=O)(=O)CCS(=O)(=O)CC(=O)c1cc(Cl)ccc1Cl. The molecule has 20 heavy (non-hydrogen) atoms. The zero-order valence-electron chi connectivity index (χ0n) is 10.5. The molecule has 0 aliphatic heterocycles. The van der Waals surface area contributed by atoms with Crippen molar-refractivity contribution in [1.29, 1.82) is 0 Å². The van der Waals surface area contributed by atoms with Gasteiger partial charge in [0, 0.05) is 16.8 Å². The smallest absolute Gasteiger partial charge is 0.179 e. The van der Waals surface area contributed by atoms with Crippen LogP contribution in [0.3, 0.4) is 0 Å².